The second-order valence-electron chi connectivity index (χ2n) is 3.82. The summed E-state index contributed by atoms with van der Waals surface area (Å²) in [6, 6.07) is 4.98. The molecule has 104 valence electrons. The highest BCUT2D eigenvalue weighted by atomic mass is 79.9. The Hall–Kier alpha value is -1.07. The number of halogens is 2. The molecule has 0 aromatic heterocycles. The first kappa shape index (κ1) is 16.0. The summed E-state index contributed by atoms with van der Waals surface area (Å²) < 4.78 is 5.54. The van der Waals surface area contributed by atoms with Crippen LogP contribution in [-0.4, -0.2) is 25.0 Å². The molecule has 0 heterocycles. The molecule has 0 atom stereocenters. The maximum absolute atomic E-state index is 11.8. The molecule has 0 unspecified atom stereocenters. The van der Waals surface area contributed by atoms with Crippen LogP contribution in [0.25, 0.3) is 0 Å². The van der Waals surface area contributed by atoms with E-state index < -0.39 is 0 Å². The third-order valence-electron chi connectivity index (χ3n) is 2.27. The topological polar surface area (TPSA) is 55.4 Å². The fourth-order valence-corrected chi connectivity index (χ4v) is 2.31. The van der Waals surface area contributed by atoms with E-state index in [1.54, 1.807) is 25.1 Å². The Morgan fingerprint density at radius 2 is 2.11 bits per heavy atom. The van der Waals surface area contributed by atoms with E-state index >= 15 is 0 Å². The van der Waals surface area contributed by atoms with Crippen molar-refractivity contribution >= 4 is 39.4 Å². The van der Waals surface area contributed by atoms with Crippen LogP contribution in [0, 0.1) is 0 Å². The van der Waals surface area contributed by atoms with Gasteiger partial charge in [-0.3, -0.25) is 9.59 Å². The van der Waals surface area contributed by atoms with E-state index in [0.717, 1.165) is 4.47 Å². The summed E-state index contributed by atoms with van der Waals surface area (Å²) in [7, 11) is 0. The molecule has 0 saturated heterocycles. The Balaban J connectivity index is 2.37. The predicted molar refractivity (Wildman–Crippen MR) is 77.4 cm³/mol. The van der Waals surface area contributed by atoms with Gasteiger partial charge in [-0.05, 0) is 31.5 Å². The molecule has 1 aromatic rings. The average molecular weight is 349 g/mol. The Morgan fingerprint density at radius 3 is 2.74 bits per heavy atom. The number of benzene rings is 1. The quantitative estimate of drug-likeness (QED) is 0.634. The van der Waals surface area contributed by atoms with Crippen LogP contribution in [-0.2, 0) is 9.53 Å². The highest BCUT2D eigenvalue weighted by Crippen LogP contribution is 2.19. The number of ether oxygens (including phenoxy) is 1. The van der Waals surface area contributed by atoms with Gasteiger partial charge >= 0.3 is 5.97 Å². The number of rotatable bonds is 6. The zero-order valence-electron chi connectivity index (χ0n) is 10.5. The average Bonchev–Trinajstić information content (AvgIpc) is 2.33. The monoisotopic (exact) mass is 347 g/mol. The summed E-state index contributed by atoms with van der Waals surface area (Å²) in [6.07, 6.45) is 0.847. The normalized spacial score (nSPS) is 10.1. The summed E-state index contributed by atoms with van der Waals surface area (Å²) >= 11 is 9.13. The lowest BCUT2D eigenvalue weighted by Gasteiger charge is -2.06. The van der Waals surface area contributed by atoms with Gasteiger partial charge in [-0.1, -0.05) is 27.5 Å². The maximum Gasteiger partial charge on any atom is 0.305 e. The van der Waals surface area contributed by atoms with Crippen LogP contribution in [0.1, 0.15) is 30.1 Å². The summed E-state index contributed by atoms with van der Waals surface area (Å²) in [4.78, 5) is 22.9. The molecule has 1 N–H and O–H groups in total. The molecule has 4 nitrogen and oxygen atoms in total. The molecule has 0 saturated carbocycles. The maximum atomic E-state index is 11.8. The van der Waals surface area contributed by atoms with Crippen molar-refractivity contribution in [2.24, 2.45) is 0 Å². The minimum Gasteiger partial charge on any atom is -0.466 e. The minimum atomic E-state index is -0.248. The van der Waals surface area contributed by atoms with Crippen LogP contribution in [0.4, 0.5) is 0 Å². The fraction of sp³-hybridized carbons (Fsp3) is 0.385. The number of esters is 1. The zero-order valence-corrected chi connectivity index (χ0v) is 12.9. The first-order chi connectivity index (χ1) is 9.02. The Kier molecular flexibility index (Phi) is 6.87. The number of nitrogens with one attached hydrogen (secondary N) is 1. The number of hydrogen-bond donors (Lipinski definition) is 1. The lowest BCUT2D eigenvalue weighted by molar-refractivity contribution is -0.143. The lowest BCUT2D eigenvalue weighted by Crippen LogP contribution is -2.25. The van der Waals surface area contributed by atoms with Gasteiger partial charge in [0.1, 0.15) is 0 Å². The molecule has 1 rings (SSSR count). The van der Waals surface area contributed by atoms with Crippen molar-refractivity contribution in [1.82, 2.24) is 5.32 Å². The van der Waals surface area contributed by atoms with Crippen LogP contribution in [0.3, 0.4) is 0 Å². The molecular weight excluding hydrogens is 334 g/mol. The molecule has 0 fully saturated rings. The van der Waals surface area contributed by atoms with Crippen molar-refractivity contribution < 1.29 is 14.3 Å². The van der Waals surface area contributed by atoms with E-state index in [1.807, 2.05) is 0 Å². The van der Waals surface area contributed by atoms with Gasteiger partial charge in [-0.15, -0.1) is 0 Å². The highest BCUT2D eigenvalue weighted by Gasteiger charge is 2.08. The van der Waals surface area contributed by atoms with Crippen LogP contribution in [0.5, 0.6) is 0 Å². The lowest BCUT2D eigenvalue weighted by atomic mass is 10.2. The van der Waals surface area contributed by atoms with Gasteiger partial charge in [0, 0.05) is 28.0 Å². The van der Waals surface area contributed by atoms with Gasteiger partial charge in [0.15, 0.2) is 0 Å². The van der Waals surface area contributed by atoms with E-state index in [9.17, 15) is 9.59 Å². The van der Waals surface area contributed by atoms with Crippen LogP contribution < -0.4 is 5.32 Å². The molecular formula is C13H15BrClNO3. The first-order valence-corrected chi connectivity index (χ1v) is 7.10. The Bertz CT molecular complexity index is 445. The SMILES string of the molecule is CCOC(=O)CCCNC(=O)c1cc(Cl)cc(Br)c1. The second kappa shape index (κ2) is 8.17. The van der Waals surface area contributed by atoms with E-state index in [1.165, 1.54) is 0 Å². The van der Waals surface area contributed by atoms with Crippen molar-refractivity contribution in [3.8, 4) is 0 Å². The molecule has 0 aliphatic carbocycles. The first-order valence-electron chi connectivity index (χ1n) is 5.93. The van der Waals surface area contributed by atoms with Crippen LogP contribution in [0.15, 0.2) is 22.7 Å². The van der Waals surface area contributed by atoms with Gasteiger partial charge in [0.2, 0.25) is 0 Å². The molecule has 0 radical (unpaired) electrons. The van der Waals surface area contributed by atoms with Crippen molar-refractivity contribution in [3.63, 3.8) is 0 Å². The van der Waals surface area contributed by atoms with Crippen molar-refractivity contribution in [1.29, 1.82) is 0 Å². The van der Waals surface area contributed by atoms with E-state index in [4.69, 9.17) is 16.3 Å². The fourth-order valence-electron chi connectivity index (χ4n) is 1.45. The molecule has 0 spiro atoms. The molecule has 19 heavy (non-hydrogen) atoms. The van der Waals surface area contributed by atoms with Crippen LogP contribution in [0.2, 0.25) is 5.02 Å². The van der Waals surface area contributed by atoms with Gasteiger partial charge in [0.25, 0.3) is 5.91 Å². The summed E-state index contributed by atoms with van der Waals surface area (Å²) in [5, 5.41) is 3.22. The van der Waals surface area contributed by atoms with Crippen molar-refractivity contribution in [3.05, 3.63) is 33.3 Å². The van der Waals surface area contributed by atoms with Gasteiger partial charge in [0.05, 0.1) is 6.61 Å². The molecule has 0 aliphatic rings. The minimum absolute atomic E-state index is 0.216. The highest BCUT2D eigenvalue weighted by molar-refractivity contribution is 9.10. The Morgan fingerprint density at radius 1 is 1.37 bits per heavy atom. The molecule has 0 bridgehead atoms. The summed E-state index contributed by atoms with van der Waals surface area (Å²) in [5.41, 5.74) is 0.482. The van der Waals surface area contributed by atoms with Crippen LogP contribution >= 0.6 is 27.5 Å². The number of carbonyl (C=O) groups is 2. The Labute approximate surface area is 125 Å². The van der Waals surface area contributed by atoms with E-state index in [0.29, 0.717) is 36.6 Å². The molecule has 6 heteroatoms. The van der Waals surface area contributed by atoms with E-state index in [-0.39, 0.29) is 11.9 Å². The number of amides is 1. The second-order valence-corrected chi connectivity index (χ2v) is 5.17. The van der Waals surface area contributed by atoms with E-state index in [2.05, 4.69) is 21.2 Å². The third kappa shape index (κ3) is 6.07. The zero-order chi connectivity index (χ0) is 14.3. The van der Waals surface area contributed by atoms with Crippen molar-refractivity contribution in [2.75, 3.05) is 13.2 Å². The van der Waals surface area contributed by atoms with Gasteiger partial charge in [-0.2, -0.15) is 0 Å². The molecule has 1 aromatic carbocycles. The number of hydrogen-bond acceptors (Lipinski definition) is 3. The van der Waals surface area contributed by atoms with Gasteiger partial charge < -0.3 is 10.1 Å². The molecule has 1 amide bonds. The summed E-state index contributed by atoms with van der Waals surface area (Å²) in [6.45, 7) is 2.56. The van der Waals surface area contributed by atoms with Crippen molar-refractivity contribution in [2.45, 2.75) is 19.8 Å². The van der Waals surface area contributed by atoms with Gasteiger partial charge in [-0.25, -0.2) is 0 Å². The summed E-state index contributed by atoms with van der Waals surface area (Å²) in [5.74, 6) is -0.464. The third-order valence-corrected chi connectivity index (χ3v) is 2.95. The smallest absolute Gasteiger partial charge is 0.305 e. The largest absolute Gasteiger partial charge is 0.466 e. The number of carbonyl (C=O) groups excluding carboxylic acids is 2. The standard InChI is InChI=1S/C13H15BrClNO3/c1-2-19-12(17)4-3-5-16-13(18)9-6-10(14)8-11(15)7-9/h6-8H,2-5H2,1H3,(H,16,18). The predicted octanol–water partition coefficient (Wildman–Crippen LogP) is 3.18. The molecule has 0 aliphatic heterocycles.